The Morgan fingerprint density at radius 1 is 1.24 bits per heavy atom. The zero-order valence-corrected chi connectivity index (χ0v) is 12.3. The predicted molar refractivity (Wildman–Crippen MR) is 82.2 cm³/mol. The third kappa shape index (κ3) is 4.12. The first-order valence-corrected chi connectivity index (χ1v) is 7.07. The quantitative estimate of drug-likeness (QED) is 0.832. The molecule has 112 valence electrons. The van der Waals surface area contributed by atoms with Crippen LogP contribution in [0, 0.1) is 5.82 Å². The van der Waals surface area contributed by atoms with Gasteiger partial charge in [0.25, 0.3) is 0 Å². The molecule has 2 aromatic rings. The Morgan fingerprint density at radius 2 is 2.00 bits per heavy atom. The lowest BCUT2D eigenvalue weighted by Gasteiger charge is -2.14. The standard InChI is InChI=1S/C17H20FNO2/c1-3-12(2)21-15-8-5-7-14(10-15)19-11-13-6-4-9-16(18)17(13)20/h4-10,12,19-20H,3,11H2,1-2H3. The second kappa shape index (κ2) is 6.97. The van der Waals surface area contributed by atoms with Crippen LogP contribution in [-0.2, 0) is 6.54 Å². The van der Waals surface area contributed by atoms with Gasteiger partial charge in [-0.3, -0.25) is 0 Å². The van der Waals surface area contributed by atoms with E-state index in [0.717, 1.165) is 17.9 Å². The highest BCUT2D eigenvalue weighted by atomic mass is 19.1. The Kier molecular flexibility index (Phi) is 5.04. The number of ether oxygens (including phenoxy) is 1. The van der Waals surface area contributed by atoms with E-state index < -0.39 is 5.82 Å². The molecule has 2 aromatic carbocycles. The van der Waals surface area contributed by atoms with Crippen LogP contribution in [0.25, 0.3) is 0 Å². The molecule has 4 heteroatoms. The normalized spacial score (nSPS) is 12.0. The maximum absolute atomic E-state index is 13.3. The van der Waals surface area contributed by atoms with Gasteiger partial charge in [0, 0.05) is 23.9 Å². The van der Waals surface area contributed by atoms with Gasteiger partial charge in [-0.2, -0.15) is 0 Å². The molecular weight excluding hydrogens is 269 g/mol. The van der Waals surface area contributed by atoms with Crippen LogP contribution in [0.15, 0.2) is 42.5 Å². The zero-order chi connectivity index (χ0) is 15.2. The molecule has 0 fully saturated rings. The van der Waals surface area contributed by atoms with E-state index in [1.807, 2.05) is 31.2 Å². The van der Waals surface area contributed by atoms with Gasteiger partial charge in [-0.15, -0.1) is 0 Å². The fourth-order valence-corrected chi connectivity index (χ4v) is 1.89. The number of phenolic OH excluding ortho intramolecular Hbond substituents is 1. The van der Waals surface area contributed by atoms with Gasteiger partial charge >= 0.3 is 0 Å². The summed E-state index contributed by atoms with van der Waals surface area (Å²) in [7, 11) is 0. The molecule has 0 aromatic heterocycles. The van der Waals surface area contributed by atoms with Crippen molar-refractivity contribution < 1.29 is 14.2 Å². The number of aromatic hydroxyl groups is 1. The van der Waals surface area contributed by atoms with E-state index in [9.17, 15) is 9.50 Å². The first-order chi connectivity index (χ1) is 10.1. The van der Waals surface area contributed by atoms with E-state index in [0.29, 0.717) is 12.1 Å². The number of nitrogens with one attached hydrogen (secondary N) is 1. The van der Waals surface area contributed by atoms with E-state index in [4.69, 9.17) is 4.74 Å². The van der Waals surface area contributed by atoms with Crippen molar-refractivity contribution in [1.29, 1.82) is 0 Å². The monoisotopic (exact) mass is 289 g/mol. The fraction of sp³-hybridized carbons (Fsp3) is 0.294. The molecule has 0 heterocycles. The number of hydrogen-bond donors (Lipinski definition) is 2. The first-order valence-electron chi connectivity index (χ1n) is 7.07. The van der Waals surface area contributed by atoms with Crippen LogP contribution >= 0.6 is 0 Å². The molecule has 0 saturated heterocycles. The third-order valence-electron chi connectivity index (χ3n) is 3.30. The molecule has 0 bridgehead atoms. The number of para-hydroxylation sites is 1. The van der Waals surface area contributed by atoms with Crippen molar-refractivity contribution in [2.75, 3.05) is 5.32 Å². The highest BCUT2D eigenvalue weighted by Crippen LogP contribution is 2.23. The number of hydrogen-bond acceptors (Lipinski definition) is 3. The summed E-state index contributed by atoms with van der Waals surface area (Å²) in [4.78, 5) is 0. The van der Waals surface area contributed by atoms with Crippen LogP contribution in [0.1, 0.15) is 25.8 Å². The molecule has 0 saturated carbocycles. The second-order valence-electron chi connectivity index (χ2n) is 4.97. The van der Waals surface area contributed by atoms with Crippen LogP contribution in [0.2, 0.25) is 0 Å². The van der Waals surface area contributed by atoms with Crippen molar-refractivity contribution in [3.8, 4) is 11.5 Å². The van der Waals surface area contributed by atoms with Gasteiger partial charge in [-0.05, 0) is 31.5 Å². The van der Waals surface area contributed by atoms with Crippen molar-refractivity contribution >= 4 is 5.69 Å². The lowest BCUT2D eigenvalue weighted by Crippen LogP contribution is -2.09. The SMILES string of the molecule is CCC(C)Oc1cccc(NCc2cccc(F)c2O)c1. The number of benzene rings is 2. The molecule has 2 N–H and O–H groups in total. The molecule has 21 heavy (non-hydrogen) atoms. The van der Waals surface area contributed by atoms with E-state index in [2.05, 4.69) is 12.2 Å². The average molecular weight is 289 g/mol. The minimum absolute atomic E-state index is 0.160. The van der Waals surface area contributed by atoms with Crippen LogP contribution in [-0.4, -0.2) is 11.2 Å². The summed E-state index contributed by atoms with van der Waals surface area (Å²) in [5.41, 5.74) is 1.38. The highest BCUT2D eigenvalue weighted by molar-refractivity contribution is 5.49. The molecule has 1 unspecified atom stereocenters. The van der Waals surface area contributed by atoms with Crippen LogP contribution in [0.4, 0.5) is 10.1 Å². The van der Waals surface area contributed by atoms with Crippen LogP contribution in [0.5, 0.6) is 11.5 Å². The minimum Gasteiger partial charge on any atom is -0.505 e. The minimum atomic E-state index is -0.608. The van der Waals surface area contributed by atoms with Crippen molar-refractivity contribution in [2.24, 2.45) is 0 Å². The van der Waals surface area contributed by atoms with Crippen molar-refractivity contribution in [3.63, 3.8) is 0 Å². The number of anilines is 1. The molecule has 3 nitrogen and oxygen atoms in total. The van der Waals surface area contributed by atoms with Gasteiger partial charge in [0.2, 0.25) is 0 Å². The Labute approximate surface area is 124 Å². The Bertz CT molecular complexity index is 601. The van der Waals surface area contributed by atoms with E-state index in [-0.39, 0.29) is 11.9 Å². The zero-order valence-electron chi connectivity index (χ0n) is 12.3. The molecule has 0 spiro atoms. The Hall–Kier alpha value is -2.23. The van der Waals surface area contributed by atoms with E-state index in [1.54, 1.807) is 12.1 Å². The topological polar surface area (TPSA) is 41.5 Å². The summed E-state index contributed by atoms with van der Waals surface area (Å²) in [6.07, 6.45) is 1.10. The molecule has 0 radical (unpaired) electrons. The highest BCUT2D eigenvalue weighted by Gasteiger charge is 2.06. The number of halogens is 1. The molecule has 2 rings (SSSR count). The van der Waals surface area contributed by atoms with Gasteiger partial charge in [0.15, 0.2) is 11.6 Å². The number of rotatable bonds is 6. The van der Waals surface area contributed by atoms with Crippen LogP contribution < -0.4 is 10.1 Å². The predicted octanol–water partition coefficient (Wildman–Crippen LogP) is 4.32. The Balaban J connectivity index is 2.03. The maximum Gasteiger partial charge on any atom is 0.165 e. The largest absolute Gasteiger partial charge is 0.505 e. The van der Waals surface area contributed by atoms with Crippen LogP contribution in [0.3, 0.4) is 0 Å². The lowest BCUT2D eigenvalue weighted by atomic mass is 10.2. The molecule has 1 atom stereocenters. The maximum atomic E-state index is 13.3. The molecule has 0 aliphatic carbocycles. The fourth-order valence-electron chi connectivity index (χ4n) is 1.89. The molecule has 0 amide bonds. The average Bonchev–Trinajstić information content (AvgIpc) is 2.49. The summed E-state index contributed by atoms with van der Waals surface area (Å²) < 4.78 is 19.0. The first kappa shape index (κ1) is 15.2. The summed E-state index contributed by atoms with van der Waals surface area (Å²) in [5, 5.41) is 12.8. The summed E-state index contributed by atoms with van der Waals surface area (Å²) in [6, 6.07) is 12.1. The van der Waals surface area contributed by atoms with E-state index in [1.165, 1.54) is 6.07 Å². The summed E-state index contributed by atoms with van der Waals surface area (Å²) >= 11 is 0. The second-order valence-corrected chi connectivity index (χ2v) is 4.97. The molecular formula is C17H20FNO2. The molecule has 0 aliphatic heterocycles. The summed E-state index contributed by atoms with van der Waals surface area (Å²) in [6.45, 7) is 4.43. The van der Waals surface area contributed by atoms with Crippen molar-refractivity contribution in [2.45, 2.75) is 32.9 Å². The van der Waals surface area contributed by atoms with Crippen molar-refractivity contribution in [1.82, 2.24) is 0 Å². The number of phenols is 1. The Morgan fingerprint density at radius 3 is 2.76 bits per heavy atom. The summed E-state index contributed by atoms with van der Waals surface area (Å²) in [5.74, 6) is -0.127. The third-order valence-corrected chi connectivity index (χ3v) is 3.30. The van der Waals surface area contributed by atoms with Gasteiger partial charge < -0.3 is 15.2 Å². The van der Waals surface area contributed by atoms with Crippen molar-refractivity contribution in [3.05, 3.63) is 53.8 Å². The molecule has 0 aliphatic rings. The van der Waals surface area contributed by atoms with E-state index >= 15 is 0 Å². The van der Waals surface area contributed by atoms with Gasteiger partial charge in [0.1, 0.15) is 5.75 Å². The van der Waals surface area contributed by atoms with Gasteiger partial charge in [-0.25, -0.2) is 4.39 Å². The van der Waals surface area contributed by atoms with Gasteiger partial charge in [0.05, 0.1) is 6.10 Å². The lowest BCUT2D eigenvalue weighted by molar-refractivity contribution is 0.217. The van der Waals surface area contributed by atoms with Gasteiger partial charge in [-0.1, -0.05) is 25.1 Å². The smallest absolute Gasteiger partial charge is 0.165 e.